The predicted octanol–water partition coefficient (Wildman–Crippen LogP) is 4.39. The maximum atomic E-state index is 5.94. The lowest BCUT2D eigenvalue weighted by molar-refractivity contribution is 0.0816. The Morgan fingerprint density at radius 2 is 2.05 bits per heavy atom. The molecule has 114 valence electrons. The molecule has 0 aliphatic heterocycles. The van der Waals surface area contributed by atoms with Crippen LogP contribution in [0.15, 0.2) is 0 Å². The van der Waals surface area contributed by atoms with Crippen molar-refractivity contribution in [1.29, 1.82) is 0 Å². The molecule has 1 rings (SSSR count). The number of hydrogen-bond donors (Lipinski definition) is 1. The molecular formula is C17H35NO. The largest absolute Gasteiger partial charge is 0.381 e. The van der Waals surface area contributed by atoms with Crippen molar-refractivity contribution < 1.29 is 4.74 Å². The molecule has 1 aliphatic rings. The Labute approximate surface area is 120 Å². The SMILES string of the molecule is CCCCC(CC)COCCC1CCCC1NCC. The van der Waals surface area contributed by atoms with Gasteiger partial charge in [0.2, 0.25) is 0 Å². The summed E-state index contributed by atoms with van der Waals surface area (Å²) < 4.78 is 5.94. The van der Waals surface area contributed by atoms with E-state index in [1.165, 1.54) is 51.4 Å². The van der Waals surface area contributed by atoms with E-state index < -0.39 is 0 Å². The summed E-state index contributed by atoms with van der Waals surface area (Å²) in [7, 11) is 0. The van der Waals surface area contributed by atoms with Crippen LogP contribution in [-0.2, 0) is 4.74 Å². The molecule has 2 nitrogen and oxygen atoms in total. The minimum Gasteiger partial charge on any atom is -0.381 e. The van der Waals surface area contributed by atoms with E-state index in [-0.39, 0.29) is 0 Å². The zero-order chi connectivity index (χ0) is 13.9. The molecule has 0 radical (unpaired) electrons. The first kappa shape index (κ1) is 17.0. The molecule has 1 saturated carbocycles. The van der Waals surface area contributed by atoms with Crippen LogP contribution in [0.5, 0.6) is 0 Å². The van der Waals surface area contributed by atoms with Gasteiger partial charge in [0, 0.05) is 19.3 Å². The van der Waals surface area contributed by atoms with E-state index in [9.17, 15) is 0 Å². The second kappa shape index (κ2) is 10.7. The Morgan fingerprint density at radius 3 is 2.74 bits per heavy atom. The molecule has 0 aromatic carbocycles. The van der Waals surface area contributed by atoms with Gasteiger partial charge >= 0.3 is 0 Å². The maximum absolute atomic E-state index is 5.94. The smallest absolute Gasteiger partial charge is 0.0494 e. The fourth-order valence-electron chi connectivity index (χ4n) is 3.30. The van der Waals surface area contributed by atoms with Gasteiger partial charge in [-0.1, -0.05) is 46.5 Å². The lowest BCUT2D eigenvalue weighted by Gasteiger charge is -2.21. The number of rotatable bonds is 11. The van der Waals surface area contributed by atoms with Gasteiger partial charge in [-0.25, -0.2) is 0 Å². The highest BCUT2D eigenvalue weighted by Gasteiger charge is 2.25. The lowest BCUT2D eigenvalue weighted by atomic mass is 9.99. The topological polar surface area (TPSA) is 21.3 Å². The molecule has 0 aromatic heterocycles. The monoisotopic (exact) mass is 269 g/mol. The molecule has 0 aromatic rings. The van der Waals surface area contributed by atoms with Crippen LogP contribution >= 0.6 is 0 Å². The molecule has 2 heteroatoms. The molecule has 3 unspecified atom stereocenters. The van der Waals surface area contributed by atoms with Crippen molar-refractivity contribution in [3.05, 3.63) is 0 Å². The predicted molar refractivity (Wildman–Crippen MR) is 83.5 cm³/mol. The Bertz CT molecular complexity index is 207. The first-order valence-electron chi connectivity index (χ1n) is 8.62. The Balaban J connectivity index is 2.08. The highest BCUT2D eigenvalue weighted by molar-refractivity contribution is 4.82. The number of ether oxygens (including phenoxy) is 1. The molecule has 0 amide bonds. The maximum Gasteiger partial charge on any atom is 0.0494 e. The van der Waals surface area contributed by atoms with Crippen molar-refractivity contribution in [3.63, 3.8) is 0 Å². The van der Waals surface area contributed by atoms with Crippen molar-refractivity contribution in [3.8, 4) is 0 Å². The highest BCUT2D eigenvalue weighted by atomic mass is 16.5. The summed E-state index contributed by atoms with van der Waals surface area (Å²) in [6, 6.07) is 0.760. The summed E-state index contributed by atoms with van der Waals surface area (Å²) in [4.78, 5) is 0. The van der Waals surface area contributed by atoms with Crippen LogP contribution in [0.3, 0.4) is 0 Å². The lowest BCUT2D eigenvalue weighted by Crippen LogP contribution is -2.32. The standard InChI is InChI=1S/C17H35NO/c1-4-7-9-15(5-2)14-19-13-12-16-10-8-11-17(16)18-6-3/h15-18H,4-14H2,1-3H3. The van der Waals surface area contributed by atoms with Crippen molar-refractivity contribution in [1.82, 2.24) is 5.32 Å². The summed E-state index contributed by atoms with van der Waals surface area (Å²) in [5.41, 5.74) is 0. The molecule has 1 aliphatic carbocycles. The Morgan fingerprint density at radius 1 is 1.21 bits per heavy atom. The molecule has 19 heavy (non-hydrogen) atoms. The van der Waals surface area contributed by atoms with Crippen LogP contribution < -0.4 is 5.32 Å². The van der Waals surface area contributed by atoms with Gasteiger partial charge in [0.25, 0.3) is 0 Å². The third kappa shape index (κ3) is 6.76. The van der Waals surface area contributed by atoms with E-state index in [2.05, 4.69) is 26.1 Å². The zero-order valence-corrected chi connectivity index (χ0v) is 13.4. The van der Waals surface area contributed by atoms with Crippen molar-refractivity contribution in [2.24, 2.45) is 11.8 Å². The van der Waals surface area contributed by atoms with Gasteiger partial charge in [0.15, 0.2) is 0 Å². The third-order valence-corrected chi connectivity index (χ3v) is 4.66. The van der Waals surface area contributed by atoms with Crippen LogP contribution in [0, 0.1) is 11.8 Å². The molecule has 0 saturated heterocycles. The molecule has 1 fully saturated rings. The average molecular weight is 269 g/mol. The average Bonchev–Trinajstić information content (AvgIpc) is 2.86. The minimum absolute atomic E-state index is 0.760. The Kier molecular flexibility index (Phi) is 9.54. The van der Waals surface area contributed by atoms with E-state index in [1.807, 2.05) is 0 Å². The van der Waals surface area contributed by atoms with Crippen molar-refractivity contribution in [2.45, 2.75) is 78.2 Å². The fraction of sp³-hybridized carbons (Fsp3) is 1.00. The molecule has 3 atom stereocenters. The van der Waals surface area contributed by atoms with E-state index in [1.54, 1.807) is 0 Å². The molecule has 1 N–H and O–H groups in total. The second-order valence-corrected chi connectivity index (χ2v) is 6.14. The van der Waals surface area contributed by atoms with Gasteiger partial charge in [0.05, 0.1) is 0 Å². The summed E-state index contributed by atoms with van der Waals surface area (Å²) in [6.07, 6.45) is 10.7. The van der Waals surface area contributed by atoms with Gasteiger partial charge in [-0.05, 0) is 44.1 Å². The molecule has 0 heterocycles. The highest BCUT2D eigenvalue weighted by Crippen LogP contribution is 2.28. The normalized spacial score (nSPS) is 24.8. The number of nitrogens with one attached hydrogen (secondary N) is 1. The van der Waals surface area contributed by atoms with Crippen LogP contribution in [0.1, 0.15) is 72.1 Å². The summed E-state index contributed by atoms with van der Waals surface area (Å²) >= 11 is 0. The summed E-state index contributed by atoms with van der Waals surface area (Å²) in [5.74, 6) is 1.64. The van der Waals surface area contributed by atoms with Gasteiger partial charge in [-0.2, -0.15) is 0 Å². The third-order valence-electron chi connectivity index (χ3n) is 4.66. The van der Waals surface area contributed by atoms with Gasteiger partial charge in [-0.3, -0.25) is 0 Å². The van der Waals surface area contributed by atoms with Crippen molar-refractivity contribution in [2.75, 3.05) is 19.8 Å². The quantitative estimate of drug-likeness (QED) is 0.562. The van der Waals surface area contributed by atoms with Crippen LogP contribution in [0.2, 0.25) is 0 Å². The number of unbranched alkanes of at least 4 members (excludes halogenated alkanes) is 1. The molecular weight excluding hydrogens is 234 g/mol. The fourth-order valence-corrected chi connectivity index (χ4v) is 3.30. The van der Waals surface area contributed by atoms with Gasteiger partial charge in [0.1, 0.15) is 0 Å². The first-order chi connectivity index (χ1) is 9.31. The van der Waals surface area contributed by atoms with E-state index in [0.29, 0.717) is 0 Å². The zero-order valence-electron chi connectivity index (χ0n) is 13.4. The van der Waals surface area contributed by atoms with E-state index >= 15 is 0 Å². The summed E-state index contributed by atoms with van der Waals surface area (Å²) in [5, 5.41) is 3.63. The number of hydrogen-bond acceptors (Lipinski definition) is 2. The van der Waals surface area contributed by atoms with Gasteiger partial charge < -0.3 is 10.1 Å². The van der Waals surface area contributed by atoms with Crippen molar-refractivity contribution >= 4 is 0 Å². The second-order valence-electron chi connectivity index (χ2n) is 6.14. The minimum atomic E-state index is 0.760. The first-order valence-corrected chi connectivity index (χ1v) is 8.62. The van der Waals surface area contributed by atoms with Crippen LogP contribution in [0.4, 0.5) is 0 Å². The Hall–Kier alpha value is -0.0800. The van der Waals surface area contributed by atoms with E-state index in [0.717, 1.165) is 37.6 Å². The van der Waals surface area contributed by atoms with Crippen LogP contribution in [0.25, 0.3) is 0 Å². The van der Waals surface area contributed by atoms with E-state index in [4.69, 9.17) is 4.74 Å². The van der Waals surface area contributed by atoms with Gasteiger partial charge in [-0.15, -0.1) is 0 Å². The summed E-state index contributed by atoms with van der Waals surface area (Å²) in [6.45, 7) is 9.84. The molecule has 0 bridgehead atoms. The van der Waals surface area contributed by atoms with Crippen LogP contribution in [-0.4, -0.2) is 25.8 Å². The molecule has 0 spiro atoms.